The summed E-state index contributed by atoms with van der Waals surface area (Å²) in [6.45, 7) is 4.76. The van der Waals surface area contributed by atoms with Crippen LogP contribution in [-0.2, 0) is 10.0 Å². The first-order valence-corrected chi connectivity index (χ1v) is 11.5. The van der Waals surface area contributed by atoms with E-state index in [0.29, 0.717) is 12.5 Å². The Kier molecular flexibility index (Phi) is 7.49. The number of nitrogens with zero attached hydrogens (tertiary/aromatic N) is 2. The average Bonchev–Trinajstić information content (AvgIpc) is 3.27. The molecule has 3 rings (SSSR count). The molecule has 1 fully saturated rings. The van der Waals surface area contributed by atoms with E-state index in [9.17, 15) is 12.8 Å². The first-order chi connectivity index (χ1) is 14.4. The van der Waals surface area contributed by atoms with E-state index in [4.69, 9.17) is 9.47 Å². The Bertz CT molecular complexity index is 932. The Hall–Kier alpha value is -2.39. The molecule has 2 aromatic rings. The summed E-state index contributed by atoms with van der Waals surface area (Å²) >= 11 is 0. The lowest BCUT2D eigenvalue weighted by atomic mass is 10.0. The summed E-state index contributed by atoms with van der Waals surface area (Å²) in [5, 5.41) is 0. The van der Waals surface area contributed by atoms with E-state index in [0.717, 1.165) is 25.2 Å². The van der Waals surface area contributed by atoms with Gasteiger partial charge >= 0.3 is 0 Å². The van der Waals surface area contributed by atoms with Gasteiger partial charge in [-0.2, -0.15) is 4.98 Å². The first-order valence-electron chi connectivity index (χ1n) is 10.0. The van der Waals surface area contributed by atoms with Crippen LogP contribution in [0.1, 0.15) is 31.2 Å². The Labute approximate surface area is 177 Å². The van der Waals surface area contributed by atoms with Gasteiger partial charge in [0.25, 0.3) is 10.0 Å². The highest BCUT2D eigenvalue weighted by molar-refractivity contribution is 7.92. The van der Waals surface area contributed by atoms with E-state index in [1.54, 1.807) is 31.2 Å². The van der Waals surface area contributed by atoms with Crippen molar-refractivity contribution in [2.24, 2.45) is 0 Å². The maximum Gasteiger partial charge on any atom is 0.262 e. The molecule has 0 amide bonds. The molecular formula is C21H28FN3O4S. The molecule has 1 aromatic heterocycles. The van der Waals surface area contributed by atoms with Crippen LogP contribution in [0.15, 0.2) is 41.3 Å². The minimum atomic E-state index is -3.85. The molecule has 0 bridgehead atoms. The topological polar surface area (TPSA) is 80.8 Å². The third kappa shape index (κ3) is 5.60. The molecule has 0 saturated carbocycles. The van der Waals surface area contributed by atoms with Gasteiger partial charge in [-0.25, -0.2) is 8.42 Å². The highest BCUT2D eigenvalue weighted by atomic mass is 32.2. The van der Waals surface area contributed by atoms with Gasteiger partial charge in [-0.15, -0.1) is 0 Å². The number of hydrogen-bond acceptors (Lipinski definition) is 6. The van der Waals surface area contributed by atoms with Crippen LogP contribution < -0.4 is 14.2 Å². The molecule has 0 radical (unpaired) electrons. The second kappa shape index (κ2) is 10.1. The van der Waals surface area contributed by atoms with Crippen LogP contribution in [0.25, 0.3) is 0 Å². The van der Waals surface area contributed by atoms with Crippen molar-refractivity contribution < 1.29 is 22.3 Å². The van der Waals surface area contributed by atoms with Gasteiger partial charge in [0.05, 0.1) is 18.7 Å². The summed E-state index contributed by atoms with van der Waals surface area (Å²) in [5.74, 6) is 0.218. The quantitative estimate of drug-likeness (QED) is 0.613. The number of hydrogen-bond donors (Lipinski definition) is 1. The number of nitrogens with one attached hydrogen (secondary N) is 1. The van der Waals surface area contributed by atoms with Crippen LogP contribution in [0.4, 0.5) is 10.1 Å². The van der Waals surface area contributed by atoms with Gasteiger partial charge in [-0.1, -0.05) is 19.1 Å². The number of sulfonamides is 1. The number of anilines is 1. The Morgan fingerprint density at radius 1 is 1.17 bits per heavy atom. The standard InChI is InChI=1S/C21H28FN3O4S/c1-16(15-22)17-5-7-18(8-6-17)30(26,27)24-19-9-10-20(23-21(19)28-2)29-14-13-25-11-3-4-12-25/h5-10,16,24H,3-4,11-15H2,1-2H3. The van der Waals surface area contributed by atoms with Crippen LogP contribution in [0, 0.1) is 0 Å². The lowest BCUT2D eigenvalue weighted by Gasteiger charge is -2.16. The van der Waals surface area contributed by atoms with E-state index in [1.807, 2.05) is 0 Å². The van der Waals surface area contributed by atoms with E-state index >= 15 is 0 Å². The predicted molar refractivity (Wildman–Crippen MR) is 114 cm³/mol. The van der Waals surface area contributed by atoms with Crippen molar-refractivity contribution in [1.82, 2.24) is 9.88 Å². The Morgan fingerprint density at radius 3 is 2.50 bits per heavy atom. The molecular weight excluding hydrogens is 409 g/mol. The van der Waals surface area contributed by atoms with Gasteiger partial charge in [0, 0.05) is 18.5 Å². The monoisotopic (exact) mass is 437 g/mol. The number of ether oxygens (including phenoxy) is 2. The smallest absolute Gasteiger partial charge is 0.262 e. The molecule has 0 aliphatic carbocycles. The number of halogens is 1. The van der Waals surface area contributed by atoms with Gasteiger partial charge in [0.15, 0.2) is 0 Å². The molecule has 1 unspecified atom stereocenters. The van der Waals surface area contributed by atoms with Gasteiger partial charge in [-0.05, 0) is 49.7 Å². The fraction of sp³-hybridized carbons (Fsp3) is 0.476. The first kappa shape index (κ1) is 22.3. The Morgan fingerprint density at radius 2 is 1.87 bits per heavy atom. The zero-order valence-electron chi connectivity index (χ0n) is 17.3. The van der Waals surface area contributed by atoms with E-state index in [2.05, 4.69) is 14.6 Å². The molecule has 1 N–H and O–H groups in total. The highest BCUT2D eigenvalue weighted by Gasteiger charge is 2.19. The molecule has 9 heteroatoms. The average molecular weight is 438 g/mol. The fourth-order valence-electron chi connectivity index (χ4n) is 3.29. The van der Waals surface area contributed by atoms with Crippen molar-refractivity contribution in [2.45, 2.75) is 30.6 Å². The van der Waals surface area contributed by atoms with Crippen molar-refractivity contribution in [3.05, 3.63) is 42.0 Å². The van der Waals surface area contributed by atoms with Crippen LogP contribution in [0.2, 0.25) is 0 Å². The van der Waals surface area contributed by atoms with Gasteiger partial charge in [-0.3, -0.25) is 14.0 Å². The molecule has 1 aliphatic rings. The van der Waals surface area contributed by atoms with Crippen molar-refractivity contribution >= 4 is 15.7 Å². The second-order valence-electron chi connectivity index (χ2n) is 7.33. The lowest BCUT2D eigenvalue weighted by molar-refractivity contribution is 0.230. The molecule has 1 aliphatic heterocycles. The predicted octanol–water partition coefficient (Wildman–Crippen LogP) is 3.44. The highest BCUT2D eigenvalue weighted by Crippen LogP contribution is 2.28. The zero-order chi connectivity index (χ0) is 21.6. The van der Waals surface area contributed by atoms with Crippen LogP contribution in [0.5, 0.6) is 11.8 Å². The minimum Gasteiger partial charge on any atom is -0.479 e. The maximum atomic E-state index is 12.8. The van der Waals surface area contributed by atoms with Gasteiger partial charge in [0.1, 0.15) is 12.3 Å². The Balaban J connectivity index is 1.67. The second-order valence-corrected chi connectivity index (χ2v) is 9.02. The molecule has 1 saturated heterocycles. The molecule has 1 aromatic carbocycles. The van der Waals surface area contributed by atoms with Crippen molar-refractivity contribution in [3.63, 3.8) is 0 Å². The normalized spacial score (nSPS) is 15.7. The number of alkyl halides is 1. The van der Waals surface area contributed by atoms with Crippen LogP contribution >= 0.6 is 0 Å². The van der Waals surface area contributed by atoms with E-state index in [-0.39, 0.29) is 22.4 Å². The molecule has 30 heavy (non-hydrogen) atoms. The zero-order valence-corrected chi connectivity index (χ0v) is 18.1. The van der Waals surface area contributed by atoms with Crippen molar-refractivity contribution in [1.29, 1.82) is 0 Å². The number of methoxy groups -OCH3 is 1. The molecule has 7 nitrogen and oxygen atoms in total. The molecule has 164 valence electrons. The number of benzene rings is 1. The summed E-state index contributed by atoms with van der Waals surface area (Å²) in [4.78, 5) is 6.66. The SMILES string of the molecule is COc1nc(OCCN2CCCC2)ccc1NS(=O)(=O)c1ccc(C(C)CF)cc1. The van der Waals surface area contributed by atoms with Crippen molar-refractivity contribution in [2.75, 3.05) is 44.7 Å². The maximum absolute atomic E-state index is 12.8. The largest absolute Gasteiger partial charge is 0.479 e. The minimum absolute atomic E-state index is 0.0744. The number of aromatic nitrogens is 1. The number of rotatable bonds is 10. The van der Waals surface area contributed by atoms with Gasteiger partial charge in [0.2, 0.25) is 11.8 Å². The number of likely N-dealkylation sites (tertiary alicyclic amines) is 1. The summed E-state index contributed by atoms with van der Waals surface area (Å²) in [5.41, 5.74) is 0.955. The summed E-state index contributed by atoms with van der Waals surface area (Å²) in [6, 6.07) is 9.32. The lowest BCUT2D eigenvalue weighted by Crippen LogP contribution is -2.25. The van der Waals surface area contributed by atoms with Crippen LogP contribution in [-0.4, -0.2) is 58.3 Å². The van der Waals surface area contributed by atoms with Crippen molar-refractivity contribution in [3.8, 4) is 11.8 Å². The third-order valence-corrected chi connectivity index (χ3v) is 6.50. The van der Waals surface area contributed by atoms with Crippen LogP contribution in [0.3, 0.4) is 0 Å². The third-order valence-electron chi connectivity index (χ3n) is 5.12. The fourth-order valence-corrected chi connectivity index (χ4v) is 4.35. The van der Waals surface area contributed by atoms with Gasteiger partial charge < -0.3 is 9.47 Å². The molecule has 0 spiro atoms. The summed E-state index contributed by atoms with van der Waals surface area (Å²) in [6.07, 6.45) is 2.44. The molecule has 2 heterocycles. The summed E-state index contributed by atoms with van der Waals surface area (Å²) < 4.78 is 51.7. The van der Waals surface area contributed by atoms with E-state index in [1.165, 1.54) is 32.1 Å². The molecule has 1 atom stereocenters. The number of pyridine rings is 1. The van der Waals surface area contributed by atoms with E-state index < -0.39 is 16.7 Å². The summed E-state index contributed by atoms with van der Waals surface area (Å²) in [7, 11) is -2.43.